The maximum absolute atomic E-state index is 12.2. The van der Waals surface area contributed by atoms with Crippen molar-refractivity contribution in [2.24, 2.45) is 17.8 Å². The van der Waals surface area contributed by atoms with Gasteiger partial charge in [0.05, 0.1) is 0 Å². The molecule has 1 aromatic heterocycles. The van der Waals surface area contributed by atoms with E-state index in [1.54, 1.807) is 12.3 Å². The Bertz CT molecular complexity index is 527. The van der Waals surface area contributed by atoms with Crippen LogP contribution in [0.2, 0.25) is 0 Å². The van der Waals surface area contributed by atoms with E-state index in [2.05, 4.69) is 16.6 Å². The number of pyridine rings is 1. The van der Waals surface area contributed by atoms with Crippen molar-refractivity contribution in [2.45, 2.75) is 77.0 Å². The normalized spacial score (nSPS) is 30.9. The van der Waals surface area contributed by atoms with Gasteiger partial charge in [-0.3, -0.25) is 0 Å². The predicted octanol–water partition coefficient (Wildman–Crippen LogP) is 6.47. The van der Waals surface area contributed by atoms with Crippen LogP contribution in [0, 0.1) is 17.8 Å². The molecule has 0 radical (unpaired) electrons. The Morgan fingerprint density at radius 1 is 0.960 bits per heavy atom. The van der Waals surface area contributed by atoms with E-state index < -0.39 is 6.36 Å². The number of nitrogens with zero attached hydrogens (tertiary/aromatic N) is 1. The second kappa shape index (κ2) is 7.96. The van der Waals surface area contributed by atoms with Crippen molar-refractivity contribution in [3.63, 3.8) is 0 Å². The van der Waals surface area contributed by atoms with Crippen LogP contribution < -0.4 is 4.74 Å². The molecule has 0 unspecified atom stereocenters. The molecule has 1 heterocycles. The molecule has 2 aliphatic rings. The molecule has 25 heavy (non-hydrogen) atoms. The molecule has 0 saturated heterocycles. The first-order chi connectivity index (χ1) is 11.9. The zero-order chi connectivity index (χ0) is 17.9. The molecule has 0 aliphatic heterocycles. The van der Waals surface area contributed by atoms with Gasteiger partial charge in [-0.15, -0.1) is 13.2 Å². The molecule has 2 fully saturated rings. The zero-order valence-electron chi connectivity index (χ0n) is 14.9. The van der Waals surface area contributed by atoms with Crippen molar-refractivity contribution in [1.82, 2.24) is 4.98 Å². The first-order valence-corrected chi connectivity index (χ1v) is 9.66. The molecule has 0 atom stereocenters. The van der Waals surface area contributed by atoms with Crippen LogP contribution in [0.4, 0.5) is 13.2 Å². The fourth-order valence-electron chi connectivity index (χ4n) is 4.80. The monoisotopic (exact) mass is 355 g/mol. The van der Waals surface area contributed by atoms with Crippen molar-refractivity contribution in [2.75, 3.05) is 0 Å². The SMILES string of the molecule is CC[C@H]1CC[C@H](C2CCC(c3ccc(OC(F)(F)F)nc3)CC2)CC1. The van der Waals surface area contributed by atoms with Crippen LogP contribution in [0.1, 0.15) is 76.2 Å². The smallest absolute Gasteiger partial charge is 0.388 e. The van der Waals surface area contributed by atoms with Crippen LogP contribution in [0.15, 0.2) is 18.3 Å². The van der Waals surface area contributed by atoms with Crippen LogP contribution in [-0.2, 0) is 0 Å². The predicted molar refractivity (Wildman–Crippen MR) is 91.4 cm³/mol. The van der Waals surface area contributed by atoms with Gasteiger partial charge in [-0.05, 0) is 67.8 Å². The van der Waals surface area contributed by atoms with Gasteiger partial charge in [0.25, 0.3) is 0 Å². The van der Waals surface area contributed by atoms with Crippen molar-refractivity contribution in [3.05, 3.63) is 23.9 Å². The second-order valence-corrected chi connectivity index (χ2v) is 7.78. The Hall–Kier alpha value is -1.26. The number of aromatic nitrogens is 1. The number of ether oxygens (including phenoxy) is 1. The van der Waals surface area contributed by atoms with Gasteiger partial charge in [0.2, 0.25) is 5.88 Å². The number of halogens is 3. The summed E-state index contributed by atoms with van der Waals surface area (Å²) >= 11 is 0. The summed E-state index contributed by atoms with van der Waals surface area (Å²) in [6.45, 7) is 2.30. The molecule has 1 aromatic rings. The van der Waals surface area contributed by atoms with Crippen molar-refractivity contribution in [1.29, 1.82) is 0 Å². The van der Waals surface area contributed by atoms with E-state index in [9.17, 15) is 13.2 Å². The molecule has 5 heteroatoms. The summed E-state index contributed by atoms with van der Waals surface area (Å²) < 4.78 is 40.5. The highest BCUT2D eigenvalue weighted by Gasteiger charge is 2.33. The van der Waals surface area contributed by atoms with Crippen molar-refractivity contribution < 1.29 is 17.9 Å². The summed E-state index contributed by atoms with van der Waals surface area (Å²) in [6.07, 6.45) is 8.50. The molecule has 0 bridgehead atoms. The molecule has 3 rings (SSSR count). The van der Waals surface area contributed by atoms with Crippen LogP contribution in [0.5, 0.6) is 5.88 Å². The van der Waals surface area contributed by atoms with Gasteiger partial charge in [-0.1, -0.05) is 32.3 Å². The Labute approximate surface area is 148 Å². The Kier molecular flexibility index (Phi) is 5.90. The largest absolute Gasteiger partial charge is 0.574 e. The van der Waals surface area contributed by atoms with E-state index in [0.717, 1.165) is 36.2 Å². The van der Waals surface area contributed by atoms with Gasteiger partial charge >= 0.3 is 6.36 Å². The Morgan fingerprint density at radius 3 is 2.04 bits per heavy atom. The first kappa shape index (κ1) is 18.5. The highest BCUT2D eigenvalue weighted by Crippen LogP contribution is 2.44. The number of hydrogen-bond acceptors (Lipinski definition) is 2. The van der Waals surface area contributed by atoms with Gasteiger partial charge in [0.15, 0.2) is 0 Å². The second-order valence-electron chi connectivity index (χ2n) is 7.78. The van der Waals surface area contributed by atoms with E-state index in [1.165, 1.54) is 51.0 Å². The lowest BCUT2D eigenvalue weighted by Crippen LogP contribution is -2.25. The van der Waals surface area contributed by atoms with Gasteiger partial charge in [-0.2, -0.15) is 0 Å². The lowest BCUT2D eigenvalue weighted by atomic mass is 9.68. The molecular weight excluding hydrogens is 327 g/mol. The average Bonchev–Trinajstić information content (AvgIpc) is 2.61. The highest BCUT2D eigenvalue weighted by atomic mass is 19.4. The minimum absolute atomic E-state index is 0.377. The molecule has 2 aliphatic carbocycles. The van der Waals surface area contributed by atoms with Gasteiger partial charge in [0, 0.05) is 12.3 Å². The summed E-state index contributed by atoms with van der Waals surface area (Å²) in [5.74, 6) is 2.73. The zero-order valence-corrected chi connectivity index (χ0v) is 14.9. The molecule has 0 N–H and O–H groups in total. The minimum atomic E-state index is -4.68. The lowest BCUT2D eigenvalue weighted by molar-refractivity contribution is -0.276. The summed E-state index contributed by atoms with van der Waals surface area (Å²) in [6, 6.07) is 3.08. The molecule has 0 aromatic carbocycles. The lowest BCUT2D eigenvalue weighted by Gasteiger charge is -2.37. The standard InChI is InChI=1S/C20H28F3NO/c1-2-14-3-5-15(6-4-14)16-7-9-17(10-8-16)18-11-12-19(24-13-18)25-20(21,22)23/h11-17H,2-10H2,1H3/t14-,15-,16?,17?. The molecular formula is C20H28F3NO. The first-order valence-electron chi connectivity index (χ1n) is 9.66. The Balaban J connectivity index is 1.49. The van der Waals surface area contributed by atoms with E-state index in [4.69, 9.17) is 0 Å². The third kappa shape index (κ3) is 5.11. The molecule has 2 saturated carbocycles. The van der Waals surface area contributed by atoms with Crippen LogP contribution >= 0.6 is 0 Å². The number of rotatable bonds is 4. The quantitative estimate of drug-likeness (QED) is 0.617. The molecule has 2 nitrogen and oxygen atoms in total. The van der Waals surface area contributed by atoms with E-state index in [-0.39, 0.29) is 5.88 Å². The number of hydrogen-bond donors (Lipinski definition) is 0. The van der Waals surface area contributed by atoms with Gasteiger partial charge < -0.3 is 4.74 Å². The fourth-order valence-corrected chi connectivity index (χ4v) is 4.80. The third-order valence-electron chi connectivity index (χ3n) is 6.36. The molecule has 0 amide bonds. The van der Waals surface area contributed by atoms with Gasteiger partial charge in [0.1, 0.15) is 0 Å². The fraction of sp³-hybridized carbons (Fsp3) is 0.750. The topological polar surface area (TPSA) is 22.1 Å². The molecule has 140 valence electrons. The maximum atomic E-state index is 12.2. The molecule has 0 spiro atoms. The minimum Gasteiger partial charge on any atom is -0.388 e. The van der Waals surface area contributed by atoms with E-state index in [1.807, 2.05) is 0 Å². The van der Waals surface area contributed by atoms with E-state index >= 15 is 0 Å². The van der Waals surface area contributed by atoms with Crippen LogP contribution in [0.3, 0.4) is 0 Å². The summed E-state index contributed by atoms with van der Waals surface area (Å²) in [5, 5.41) is 0. The van der Waals surface area contributed by atoms with Crippen LogP contribution in [0.25, 0.3) is 0 Å². The summed E-state index contributed by atoms with van der Waals surface area (Å²) in [4.78, 5) is 3.82. The van der Waals surface area contributed by atoms with Crippen molar-refractivity contribution >= 4 is 0 Å². The highest BCUT2D eigenvalue weighted by molar-refractivity contribution is 5.22. The number of alkyl halides is 3. The van der Waals surface area contributed by atoms with Crippen molar-refractivity contribution in [3.8, 4) is 5.88 Å². The Morgan fingerprint density at radius 2 is 1.56 bits per heavy atom. The van der Waals surface area contributed by atoms with Crippen LogP contribution in [-0.4, -0.2) is 11.3 Å². The van der Waals surface area contributed by atoms with E-state index in [0.29, 0.717) is 5.92 Å². The summed E-state index contributed by atoms with van der Waals surface area (Å²) in [5.41, 5.74) is 1.04. The third-order valence-corrected chi connectivity index (χ3v) is 6.36. The van der Waals surface area contributed by atoms with Gasteiger partial charge in [-0.25, -0.2) is 4.98 Å². The summed E-state index contributed by atoms with van der Waals surface area (Å²) in [7, 11) is 0. The maximum Gasteiger partial charge on any atom is 0.574 e. The average molecular weight is 355 g/mol.